The first-order valence-corrected chi connectivity index (χ1v) is 9.86. The van der Waals surface area contributed by atoms with Crippen molar-refractivity contribution in [1.29, 1.82) is 0 Å². The van der Waals surface area contributed by atoms with Crippen molar-refractivity contribution in [1.82, 2.24) is 10.2 Å². The van der Waals surface area contributed by atoms with Crippen molar-refractivity contribution in [3.63, 3.8) is 0 Å². The van der Waals surface area contributed by atoms with Crippen LogP contribution in [0.1, 0.15) is 57.3 Å². The van der Waals surface area contributed by atoms with Crippen molar-refractivity contribution in [3.8, 4) is 0 Å². The third kappa shape index (κ3) is 7.31. The van der Waals surface area contributed by atoms with E-state index in [0.717, 1.165) is 32.4 Å². The highest BCUT2D eigenvalue weighted by molar-refractivity contribution is 6.04. The standard InChI is InChI=1S/C20H31N3O2.CH2O2/c1-5-15(4)19(24)22-18-9-7-6-8-17(18)20(25)21-16-10-12-23(13-11-16)14(2)3;2-1-3/h6-9,14-16H,5,10-13H2,1-4H3,(H,21,25)(H,22,24);1H,(H,2,3). The van der Waals surface area contributed by atoms with Gasteiger partial charge in [-0.2, -0.15) is 0 Å². The van der Waals surface area contributed by atoms with E-state index in [0.29, 0.717) is 17.3 Å². The third-order valence-electron chi connectivity index (χ3n) is 5.08. The van der Waals surface area contributed by atoms with Gasteiger partial charge in [-0.05, 0) is 45.2 Å². The summed E-state index contributed by atoms with van der Waals surface area (Å²) in [7, 11) is 0. The lowest BCUT2D eigenvalue weighted by Crippen LogP contribution is -2.46. The molecule has 7 nitrogen and oxygen atoms in total. The minimum atomic E-state index is -0.250. The van der Waals surface area contributed by atoms with Gasteiger partial charge >= 0.3 is 0 Å². The van der Waals surface area contributed by atoms with Crippen molar-refractivity contribution in [2.24, 2.45) is 5.92 Å². The molecule has 1 aliphatic rings. The highest BCUT2D eigenvalue weighted by Crippen LogP contribution is 2.19. The number of para-hydroxylation sites is 1. The molecule has 2 rings (SSSR count). The number of hydrogen-bond donors (Lipinski definition) is 3. The van der Waals surface area contributed by atoms with Gasteiger partial charge in [-0.3, -0.25) is 14.4 Å². The molecule has 7 heteroatoms. The normalized spacial score (nSPS) is 15.9. The topological polar surface area (TPSA) is 98.7 Å². The van der Waals surface area contributed by atoms with E-state index >= 15 is 0 Å². The zero-order valence-corrected chi connectivity index (χ0v) is 17.3. The molecule has 1 saturated heterocycles. The zero-order chi connectivity index (χ0) is 21.1. The SMILES string of the molecule is CCC(C)C(=O)Nc1ccccc1C(=O)NC1CCN(C(C)C)CC1.O=CO. The van der Waals surface area contributed by atoms with Crippen LogP contribution in [0.5, 0.6) is 0 Å². The van der Waals surface area contributed by atoms with Crippen LogP contribution < -0.4 is 10.6 Å². The first kappa shape index (κ1) is 23.6. The molecule has 1 heterocycles. The molecule has 28 heavy (non-hydrogen) atoms. The number of benzene rings is 1. The fraction of sp³-hybridized carbons (Fsp3) is 0.571. The Morgan fingerprint density at radius 3 is 2.32 bits per heavy atom. The number of anilines is 1. The summed E-state index contributed by atoms with van der Waals surface area (Å²) in [6.45, 7) is 10.0. The molecule has 1 atom stereocenters. The van der Waals surface area contributed by atoms with Gasteiger partial charge in [0.2, 0.25) is 5.91 Å². The van der Waals surface area contributed by atoms with Crippen LogP contribution >= 0.6 is 0 Å². The largest absolute Gasteiger partial charge is 0.483 e. The monoisotopic (exact) mass is 391 g/mol. The second-order valence-corrected chi connectivity index (χ2v) is 7.33. The second kappa shape index (κ2) is 12.1. The van der Waals surface area contributed by atoms with Crippen LogP contribution in [0, 0.1) is 5.92 Å². The molecule has 1 aromatic rings. The summed E-state index contributed by atoms with van der Waals surface area (Å²) >= 11 is 0. The van der Waals surface area contributed by atoms with E-state index in [1.54, 1.807) is 12.1 Å². The molecule has 3 N–H and O–H groups in total. The van der Waals surface area contributed by atoms with Crippen molar-refractivity contribution in [2.45, 2.75) is 59.0 Å². The summed E-state index contributed by atoms with van der Waals surface area (Å²) in [5, 5.41) is 12.9. The average Bonchev–Trinajstić information content (AvgIpc) is 2.68. The Morgan fingerprint density at radius 2 is 1.79 bits per heavy atom. The Morgan fingerprint density at radius 1 is 1.21 bits per heavy atom. The fourth-order valence-electron chi connectivity index (χ4n) is 3.05. The van der Waals surface area contributed by atoms with Crippen molar-refractivity contribution >= 4 is 24.0 Å². The molecule has 0 spiro atoms. The predicted molar refractivity (Wildman–Crippen MR) is 110 cm³/mol. The summed E-state index contributed by atoms with van der Waals surface area (Å²) in [5.74, 6) is -0.229. The molecule has 0 aliphatic carbocycles. The van der Waals surface area contributed by atoms with Gasteiger partial charge in [0.15, 0.2) is 0 Å². The molecule has 1 aliphatic heterocycles. The van der Waals surface area contributed by atoms with Gasteiger partial charge in [-0.15, -0.1) is 0 Å². The van der Waals surface area contributed by atoms with E-state index in [9.17, 15) is 9.59 Å². The number of carboxylic acid groups (broad SMARTS) is 1. The van der Waals surface area contributed by atoms with E-state index in [1.807, 2.05) is 26.0 Å². The van der Waals surface area contributed by atoms with E-state index < -0.39 is 0 Å². The van der Waals surface area contributed by atoms with E-state index in [2.05, 4.69) is 29.4 Å². The molecule has 0 bridgehead atoms. The molecule has 0 radical (unpaired) electrons. The Bertz CT molecular complexity index is 640. The number of likely N-dealkylation sites (tertiary alicyclic amines) is 1. The van der Waals surface area contributed by atoms with Gasteiger partial charge < -0.3 is 20.6 Å². The lowest BCUT2D eigenvalue weighted by atomic mass is 10.0. The van der Waals surface area contributed by atoms with Crippen LogP contribution in [0.25, 0.3) is 0 Å². The number of nitrogens with zero attached hydrogens (tertiary/aromatic N) is 1. The predicted octanol–water partition coefficient (Wildman–Crippen LogP) is 2.97. The van der Waals surface area contributed by atoms with E-state index in [-0.39, 0.29) is 30.2 Å². The Balaban J connectivity index is 0.00000122. The summed E-state index contributed by atoms with van der Waals surface area (Å²) in [4.78, 5) is 35.6. The van der Waals surface area contributed by atoms with Gasteiger partial charge in [0.25, 0.3) is 12.4 Å². The second-order valence-electron chi connectivity index (χ2n) is 7.33. The molecule has 2 amide bonds. The number of carbonyl (C=O) groups is 3. The Labute approximate surface area is 167 Å². The van der Waals surface area contributed by atoms with E-state index in [4.69, 9.17) is 9.90 Å². The van der Waals surface area contributed by atoms with Crippen LogP contribution in [-0.2, 0) is 9.59 Å². The lowest BCUT2D eigenvalue weighted by Gasteiger charge is -2.34. The smallest absolute Gasteiger partial charge is 0.290 e. The maximum Gasteiger partial charge on any atom is 0.290 e. The minimum absolute atomic E-state index is 0.0482. The van der Waals surface area contributed by atoms with Crippen LogP contribution in [0.4, 0.5) is 5.69 Å². The molecule has 1 unspecified atom stereocenters. The molecule has 1 fully saturated rings. The summed E-state index contributed by atoms with van der Waals surface area (Å²) in [6.07, 6.45) is 2.70. The molecular formula is C21H33N3O4. The van der Waals surface area contributed by atoms with Crippen LogP contribution in [0.15, 0.2) is 24.3 Å². The molecule has 0 aromatic heterocycles. The Hall–Kier alpha value is -2.41. The summed E-state index contributed by atoms with van der Waals surface area (Å²) in [6, 6.07) is 7.97. The zero-order valence-electron chi connectivity index (χ0n) is 17.3. The Kier molecular flexibility index (Phi) is 10.2. The number of hydrogen-bond acceptors (Lipinski definition) is 4. The van der Waals surface area contributed by atoms with Gasteiger partial charge in [-0.1, -0.05) is 26.0 Å². The maximum atomic E-state index is 12.7. The van der Waals surface area contributed by atoms with Crippen LogP contribution in [-0.4, -0.2) is 53.5 Å². The van der Waals surface area contributed by atoms with Crippen molar-refractivity contribution in [2.75, 3.05) is 18.4 Å². The number of carbonyl (C=O) groups excluding carboxylic acids is 2. The number of rotatable bonds is 6. The third-order valence-corrected chi connectivity index (χ3v) is 5.08. The molecule has 0 saturated carbocycles. The van der Waals surface area contributed by atoms with Crippen LogP contribution in [0.3, 0.4) is 0 Å². The van der Waals surface area contributed by atoms with Gasteiger partial charge in [-0.25, -0.2) is 0 Å². The number of amides is 2. The van der Waals surface area contributed by atoms with E-state index in [1.165, 1.54) is 0 Å². The van der Waals surface area contributed by atoms with Crippen LogP contribution in [0.2, 0.25) is 0 Å². The highest BCUT2D eigenvalue weighted by atomic mass is 16.3. The number of piperidine rings is 1. The molecule has 156 valence electrons. The van der Waals surface area contributed by atoms with Gasteiger partial charge in [0.1, 0.15) is 0 Å². The average molecular weight is 392 g/mol. The first-order valence-electron chi connectivity index (χ1n) is 9.86. The summed E-state index contributed by atoms with van der Waals surface area (Å²) in [5.41, 5.74) is 1.12. The maximum absolute atomic E-state index is 12.7. The van der Waals surface area contributed by atoms with Crippen molar-refractivity contribution < 1.29 is 19.5 Å². The lowest BCUT2D eigenvalue weighted by molar-refractivity contribution is -0.123. The highest BCUT2D eigenvalue weighted by Gasteiger charge is 2.23. The quantitative estimate of drug-likeness (QED) is 0.648. The first-order chi connectivity index (χ1) is 13.3. The molecular weight excluding hydrogens is 358 g/mol. The molecule has 1 aromatic carbocycles. The number of nitrogens with one attached hydrogen (secondary N) is 2. The minimum Gasteiger partial charge on any atom is -0.483 e. The van der Waals surface area contributed by atoms with Crippen molar-refractivity contribution in [3.05, 3.63) is 29.8 Å². The van der Waals surface area contributed by atoms with Gasteiger partial charge in [0.05, 0.1) is 11.3 Å². The summed E-state index contributed by atoms with van der Waals surface area (Å²) < 4.78 is 0. The van der Waals surface area contributed by atoms with Gasteiger partial charge in [0, 0.05) is 31.1 Å². The fourth-order valence-corrected chi connectivity index (χ4v) is 3.05.